The lowest BCUT2D eigenvalue weighted by Crippen LogP contribution is -2.43. The third-order valence-corrected chi connectivity index (χ3v) is 5.76. The Kier molecular flexibility index (Phi) is 9.03. The molecule has 0 saturated heterocycles. The summed E-state index contributed by atoms with van der Waals surface area (Å²) in [7, 11) is 1.71. The zero-order chi connectivity index (χ0) is 20.4. The molecule has 2 rings (SSSR count). The predicted octanol–water partition coefficient (Wildman–Crippen LogP) is 3.75. The van der Waals surface area contributed by atoms with Crippen molar-refractivity contribution in [2.45, 2.75) is 66.3 Å². The number of pyridine rings is 1. The summed E-state index contributed by atoms with van der Waals surface area (Å²) < 4.78 is 11.1. The minimum absolute atomic E-state index is 0.326. The van der Waals surface area contributed by atoms with E-state index >= 15 is 0 Å². The number of hydrogen-bond acceptors (Lipinski definition) is 4. The minimum atomic E-state index is 0.326. The molecule has 1 aliphatic carbocycles. The van der Waals surface area contributed by atoms with E-state index in [1.807, 2.05) is 20.0 Å². The lowest BCUT2D eigenvalue weighted by Gasteiger charge is -2.30. The Balaban J connectivity index is 2.04. The van der Waals surface area contributed by atoms with Gasteiger partial charge in [-0.05, 0) is 52.4 Å². The standard InChI is InChI=1S/C22H38N4O2/c1-6-23-21(25-15-19-18(4)20(27-5)17(3)14-24-19)26-16-22(10-8-9-11-22)12-13-28-7-2/h14H,6-13,15-16H2,1-5H3,(H2,23,25,26). The number of hydrogen-bond donors (Lipinski definition) is 2. The van der Waals surface area contributed by atoms with Crippen molar-refractivity contribution in [2.24, 2.45) is 10.4 Å². The van der Waals surface area contributed by atoms with Gasteiger partial charge in [-0.25, -0.2) is 4.99 Å². The van der Waals surface area contributed by atoms with E-state index in [4.69, 9.17) is 14.5 Å². The van der Waals surface area contributed by atoms with Gasteiger partial charge in [0.05, 0.1) is 19.3 Å². The number of methoxy groups -OCH3 is 1. The highest BCUT2D eigenvalue weighted by Gasteiger charge is 2.33. The Morgan fingerprint density at radius 3 is 2.61 bits per heavy atom. The molecule has 0 atom stereocenters. The topological polar surface area (TPSA) is 67.8 Å². The Bertz CT molecular complexity index is 640. The van der Waals surface area contributed by atoms with Gasteiger partial charge in [0.2, 0.25) is 0 Å². The molecule has 0 aromatic carbocycles. The fourth-order valence-electron chi connectivity index (χ4n) is 4.07. The Morgan fingerprint density at radius 2 is 1.96 bits per heavy atom. The number of nitrogens with one attached hydrogen (secondary N) is 2. The van der Waals surface area contributed by atoms with E-state index in [1.54, 1.807) is 7.11 Å². The maximum Gasteiger partial charge on any atom is 0.191 e. The molecule has 0 unspecified atom stereocenters. The molecule has 28 heavy (non-hydrogen) atoms. The van der Waals surface area contributed by atoms with Crippen molar-refractivity contribution in [2.75, 3.05) is 33.4 Å². The van der Waals surface area contributed by atoms with Crippen molar-refractivity contribution in [3.05, 3.63) is 23.0 Å². The van der Waals surface area contributed by atoms with Crippen LogP contribution in [0.25, 0.3) is 0 Å². The Morgan fingerprint density at radius 1 is 1.21 bits per heavy atom. The molecular formula is C22H38N4O2. The number of nitrogens with zero attached hydrogens (tertiary/aromatic N) is 2. The molecule has 6 heteroatoms. The lowest BCUT2D eigenvalue weighted by atomic mass is 9.83. The highest BCUT2D eigenvalue weighted by Crippen LogP contribution is 2.40. The monoisotopic (exact) mass is 390 g/mol. The zero-order valence-corrected chi connectivity index (χ0v) is 18.4. The molecule has 1 aromatic rings. The quantitative estimate of drug-likeness (QED) is 0.362. The first-order valence-corrected chi connectivity index (χ1v) is 10.6. The van der Waals surface area contributed by atoms with Crippen molar-refractivity contribution in [1.82, 2.24) is 15.6 Å². The molecule has 0 radical (unpaired) electrons. The number of guanidine groups is 1. The third kappa shape index (κ3) is 6.09. The summed E-state index contributed by atoms with van der Waals surface area (Å²) in [4.78, 5) is 9.34. The molecule has 1 aliphatic rings. The number of ether oxygens (including phenoxy) is 2. The average molecular weight is 391 g/mol. The number of rotatable bonds is 10. The molecule has 2 N–H and O–H groups in total. The summed E-state index contributed by atoms with van der Waals surface area (Å²) in [5, 5.41) is 6.95. The molecule has 158 valence electrons. The molecule has 0 aliphatic heterocycles. The van der Waals surface area contributed by atoms with Crippen LogP contribution in [0.5, 0.6) is 5.75 Å². The van der Waals surface area contributed by atoms with E-state index in [0.29, 0.717) is 12.0 Å². The van der Waals surface area contributed by atoms with Gasteiger partial charge < -0.3 is 20.1 Å². The number of aromatic nitrogens is 1. The normalized spacial score (nSPS) is 16.2. The second kappa shape index (κ2) is 11.2. The van der Waals surface area contributed by atoms with Crippen LogP contribution in [-0.4, -0.2) is 44.4 Å². The summed E-state index contributed by atoms with van der Waals surface area (Å²) in [5.74, 6) is 1.75. The van der Waals surface area contributed by atoms with Gasteiger partial charge in [-0.15, -0.1) is 0 Å². The van der Waals surface area contributed by atoms with Gasteiger partial charge in [-0.1, -0.05) is 12.8 Å². The first-order valence-electron chi connectivity index (χ1n) is 10.6. The summed E-state index contributed by atoms with van der Waals surface area (Å²) in [6.45, 7) is 12.2. The molecular weight excluding hydrogens is 352 g/mol. The van der Waals surface area contributed by atoms with Crippen molar-refractivity contribution in [3.63, 3.8) is 0 Å². The van der Waals surface area contributed by atoms with Crippen LogP contribution < -0.4 is 15.4 Å². The molecule has 1 aromatic heterocycles. The Labute approximate surface area is 170 Å². The average Bonchev–Trinajstić information content (AvgIpc) is 3.15. The van der Waals surface area contributed by atoms with Gasteiger partial charge in [0.1, 0.15) is 5.75 Å². The maximum absolute atomic E-state index is 5.63. The van der Waals surface area contributed by atoms with E-state index in [0.717, 1.165) is 61.3 Å². The van der Waals surface area contributed by atoms with Crippen LogP contribution >= 0.6 is 0 Å². The van der Waals surface area contributed by atoms with Crippen LogP contribution in [0.15, 0.2) is 11.2 Å². The molecule has 6 nitrogen and oxygen atoms in total. The zero-order valence-electron chi connectivity index (χ0n) is 18.4. The second-order valence-electron chi connectivity index (χ2n) is 7.75. The Hall–Kier alpha value is -1.82. The van der Waals surface area contributed by atoms with Crippen LogP contribution in [-0.2, 0) is 11.3 Å². The summed E-state index contributed by atoms with van der Waals surface area (Å²) in [6.07, 6.45) is 8.13. The van der Waals surface area contributed by atoms with Gasteiger partial charge in [0, 0.05) is 43.6 Å². The lowest BCUT2D eigenvalue weighted by molar-refractivity contribution is 0.105. The molecule has 0 bridgehead atoms. The summed E-state index contributed by atoms with van der Waals surface area (Å²) >= 11 is 0. The number of aliphatic imine (C=N–C) groups is 1. The van der Waals surface area contributed by atoms with E-state index < -0.39 is 0 Å². The summed E-state index contributed by atoms with van der Waals surface area (Å²) in [5.41, 5.74) is 3.39. The molecule has 0 spiro atoms. The van der Waals surface area contributed by atoms with Crippen LogP contribution in [0.1, 0.15) is 62.8 Å². The van der Waals surface area contributed by atoms with Crippen molar-refractivity contribution < 1.29 is 9.47 Å². The third-order valence-electron chi connectivity index (χ3n) is 5.76. The van der Waals surface area contributed by atoms with E-state index in [9.17, 15) is 0 Å². The smallest absolute Gasteiger partial charge is 0.191 e. The van der Waals surface area contributed by atoms with Gasteiger partial charge in [-0.3, -0.25) is 4.98 Å². The van der Waals surface area contributed by atoms with Gasteiger partial charge in [0.15, 0.2) is 5.96 Å². The van der Waals surface area contributed by atoms with Gasteiger partial charge >= 0.3 is 0 Å². The van der Waals surface area contributed by atoms with Crippen LogP contribution in [0, 0.1) is 19.3 Å². The highest BCUT2D eigenvalue weighted by molar-refractivity contribution is 5.79. The van der Waals surface area contributed by atoms with Crippen LogP contribution in [0.3, 0.4) is 0 Å². The van der Waals surface area contributed by atoms with Crippen LogP contribution in [0.4, 0.5) is 0 Å². The SMILES string of the molecule is CCNC(=NCc1ncc(C)c(OC)c1C)NCC1(CCOCC)CCCC1. The number of aryl methyl sites for hydroxylation is 1. The molecule has 1 saturated carbocycles. The first-order chi connectivity index (χ1) is 13.5. The highest BCUT2D eigenvalue weighted by atomic mass is 16.5. The summed E-state index contributed by atoms with van der Waals surface area (Å²) in [6, 6.07) is 0. The molecule has 1 fully saturated rings. The van der Waals surface area contributed by atoms with E-state index in [-0.39, 0.29) is 0 Å². The minimum Gasteiger partial charge on any atom is -0.496 e. The van der Waals surface area contributed by atoms with E-state index in [2.05, 4.69) is 29.5 Å². The largest absolute Gasteiger partial charge is 0.496 e. The van der Waals surface area contributed by atoms with Crippen molar-refractivity contribution in [3.8, 4) is 5.75 Å². The fourth-order valence-corrected chi connectivity index (χ4v) is 4.07. The molecule has 0 amide bonds. The predicted molar refractivity (Wildman–Crippen MR) is 115 cm³/mol. The maximum atomic E-state index is 5.63. The first kappa shape index (κ1) is 22.5. The van der Waals surface area contributed by atoms with Crippen molar-refractivity contribution in [1.29, 1.82) is 0 Å². The fraction of sp³-hybridized carbons (Fsp3) is 0.727. The van der Waals surface area contributed by atoms with Gasteiger partial charge in [0.25, 0.3) is 0 Å². The second-order valence-corrected chi connectivity index (χ2v) is 7.75. The molecule has 1 heterocycles. The van der Waals surface area contributed by atoms with Crippen LogP contribution in [0.2, 0.25) is 0 Å². The van der Waals surface area contributed by atoms with Gasteiger partial charge in [-0.2, -0.15) is 0 Å². The van der Waals surface area contributed by atoms with E-state index in [1.165, 1.54) is 25.7 Å². The van der Waals surface area contributed by atoms with Crippen molar-refractivity contribution >= 4 is 5.96 Å².